The number of aromatic nitrogens is 2. The first-order chi connectivity index (χ1) is 13.9. The maximum absolute atomic E-state index is 14.1. The number of rotatable bonds is 5. The number of fused-ring (bicyclic) bond motifs is 2. The molecule has 3 fully saturated rings. The summed E-state index contributed by atoms with van der Waals surface area (Å²) in [6.45, 7) is 0.602. The number of hydrogen-bond acceptors (Lipinski definition) is 4. The standard InChI is InChI=1S/C22H25F2N3O2/c23-16-4-3-15(19(24)9-16)12-26-17-5-6-18(26)11-22(29,10-17)13-27-21(28)8-7-20(25-27)14-1-2-14/h3-4,7-9,14,17-18,29H,1-2,5-6,10-13H2/t17-,18-/m1/s1. The molecule has 0 amide bonds. The number of nitrogens with zero attached hydrogens (tertiary/aromatic N) is 3. The maximum atomic E-state index is 14.1. The van der Waals surface area contributed by atoms with Crippen molar-refractivity contribution >= 4 is 0 Å². The zero-order chi connectivity index (χ0) is 20.2. The molecule has 0 spiro atoms. The van der Waals surface area contributed by atoms with Gasteiger partial charge in [0.1, 0.15) is 11.6 Å². The molecule has 2 bridgehead atoms. The number of halogens is 2. The second-order valence-electron chi connectivity index (χ2n) is 8.95. The zero-order valence-electron chi connectivity index (χ0n) is 16.2. The van der Waals surface area contributed by atoms with Gasteiger partial charge in [-0.25, -0.2) is 13.5 Å². The van der Waals surface area contributed by atoms with Gasteiger partial charge in [0.05, 0.1) is 17.8 Å². The molecule has 3 aliphatic rings. The SMILES string of the molecule is O=c1ccc(C2CC2)nn1CC1(O)C[C@H]2CC[C@H](C1)N2Cc1ccc(F)cc1F. The summed E-state index contributed by atoms with van der Waals surface area (Å²) in [7, 11) is 0. The highest BCUT2D eigenvalue weighted by atomic mass is 19.1. The highest BCUT2D eigenvalue weighted by Crippen LogP contribution is 2.42. The van der Waals surface area contributed by atoms with Crippen LogP contribution in [-0.2, 0) is 13.1 Å². The van der Waals surface area contributed by atoms with Crippen LogP contribution in [0.4, 0.5) is 8.78 Å². The van der Waals surface area contributed by atoms with Crippen molar-refractivity contribution in [2.24, 2.45) is 0 Å². The summed E-state index contributed by atoms with van der Waals surface area (Å²) in [6.07, 6.45) is 5.12. The predicted molar refractivity (Wildman–Crippen MR) is 103 cm³/mol. The summed E-state index contributed by atoms with van der Waals surface area (Å²) in [5, 5.41) is 15.8. The zero-order valence-corrected chi connectivity index (χ0v) is 16.2. The molecule has 3 heterocycles. The van der Waals surface area contributed by atoms with Crippen molar-refractivity contribution in [3.05, 3.63) is 63.6 Å². The van der Waals surface area contributed by atoms with E-state index in [2.05, 4.69) is 10.00 Å². The minimum atomic E-state index is -0.997. The van der Waals surface area contributed by atoms with Gasteiger partial charge in [0, 0.05) is 42.2 Å². The molecule has 2 atom stereocenters. The molecule has 5 rings (SSSR count). The van der Waals surface area contributed by atoms with Gasteiger partial charge in [0.2, 0.25) is 0 Å². The van der Waals surface area contributed by atoms with Crippen LogP contribution in [0.3, 0.4) is 0 Å². The van der Waals surface area contributed by atoms with Crippen LogP contribution in [0.1, 0.15) is 55.7 Å². The Kier molecular flexibility index (Phi) is 4.55. The lowest BCUT2D eigenvalue weighted by Gasteiger charge is -2.43. The molecule has 1 aliphatic carbocycles. The first-order valence-corrected chi connectivity index (χ1v) is 10.4. The minimum absolute atomic E-state index is 0.116. The van der Waals surface area contributed by atoms with E-state index < -0.39 is 17.2 Å². The van der Waals surface area contributed by atoms with Gasteiger partial charge in [-0.15, -0.1) is 0 Å². The average Bonchev–Trinajstić information content (AvgIpc) is 3.47. The van der Waals surface area contributed by atoms with E-state index in [1.54, 1.807) is 12.1 Å². The third kappa shape index (κ3) is 3.73. The number of piperidine rings is 1. The van der Waals surface area contributed by atoms with Crippen LogP contribution >= 0.6 is 0 Å². The average molecular weight is 401 g/mol. The Bertz CT molecular complexity index is 974. The van der Waals surface area contributed by atoms with Crippen molar-refractivity contribution < 1.29 is 13.9 Å². The van der Waals surface area contributed by atoms with Crippen LogP contribution in [-0.4, -0.2) is 37.5 Å². The molecular weight excluding hydrogens is 376 g/mol. The fourth-order valence-electron chi connectivity index (χ4n) is 5.10. The lowest BCUT2D eigenvalue weighted by molar-refractivity contribution is -0.0680. The Morgan fingerprint density at radius 2 is 1.79 bits per heavy atom. The smallest absolute Gasteiger partial charge is 0.266 e. The van der Waals surface area contributed by atoms with Crippen LogP contribution in [0.5, 0.6) is 0 Å². The van der Waals surface area contributed by atoms with Gasteiger partial charge in [-0.2, -0.15) is 5.10 Å². The van der Waals surface area contributed by atoms with Crippen LogP contribution in [0.25, 0.3) is 0 Å². The summed E-state index contributed by atoms with van der Waals surface area (Å²) in [6, 6.07) is 7.28. The van der Waals surface area contributed by atoms with Gasteiger partial charge in [-0.1, -0.05) is 6.07 Å². The van der Waals surface area contributed by atoms with Gasteiger partial charge in [-0.05, 0) is 50.7 Å². The maximum Gasteiger partial charge on any atom is 0.266 e. The Labute approximate surface area is 168 Å². The predicted octanol–water partition coefficient (Wildman–Crippen LogP) is 2.96. The first kappa shape index (κ1) is 18.9. The molecule has 1 aromatic heterocycles. The molecule has 29 heavy (non-hydrogen) atoms. The van der Waals surface area contributed by atoms with E-state index in [0.29, 0.717) is 30.9 Å². The van der Waals surface area contributed by atoms with Crippen LogP contribution in [0, 0.1) is 11.6 Å². The Morgan fingerprint density at radius 3 is 2.45 bits per heavy atom. The van der Waals surface area contributed by atoms with Gasteiger partial charge in [0.15, 0.2) is 0 Å². The molecule has 154 valence electrons. The number of benzene rings is 1. The molecule has 0 radical (unpaired) electrons. The summed E-state index contributed by atoms with van der Waals surface area (Å²) in [5.74, 6) is -0.661. The Morgan fingerprint density at radius 1 is 1.07 bits per heavy atom. The minimum Gasteiger partial charge on any atom is -0.388 e. The molecule has 0 unspecified atom stereocenters. The van der Waals surface area contributed by atoms with Crippen molar-refractivity contribution in [1.82, 2.24) is 14.7 Å². The fourth-order valence-corrected chi connectivity index (χ4v) is 5.10. The second-order valence-corrected chi connectivity index (χ2v) is 8.95. The van der Waals surface area contributed by atoms with Gasteiger partial charge in [0.25, 0.3) is 5.56 Å². The molecule has 2 aliphatic heterocycles. The van der Waals surface area contributed by atoms with E-state index in [9.17, 15) is 18.7 Å². The monoisotopic (exact) mass is 401 g/mol. The third-order valence-corrected chi connectivity index (χ3v) is 6.70. The van der Waals surface area contributed by atoms with Gasteiger partial charge in [-0.3, -0.25) is 9.69 Å². The van der Waals surface area contributed by atoms with Crippen LogP contribution < -0.4 is 5.56 Å². The molecule has 7 heteroatoms. The third-order valence-electron chi connectivity index (χ3n) is 6.70. The lowest BCUT2D eigenvalue weighted by atomic mass is 9.85. The molecular formula is C22H25F2N3O2. The highest BCUT2D eigenvalue weighted by Gasteiger charge is 2.48. The van der Waals surface area contributed by atoms with E-state index in [1.807, 2.05) is 0 Å². The summed E-state index contributed by atoms with van der Waals surface area (Å²) < 4.78 is 28.7. The van der Waals surface area contributed by atoms with Crippen LogP contribution in [0.2, 0.25) is 0 Å². The molecule has 2 aromatic rings. The lowest BCUT2D eigenvalue weighted by Crippen LogP contribution is -2.53. The largest absolute Gasteiger partial charge is 0.388 e. The Hall–Kier alpha value is -2.12. The van der Waals surface area contributed by atoms with Crippen molar-refractivity contribution in [3.8, 4) is 0 Å². The quantitative estimate of drug-likeness (QED) is 0.837. The molecule has 1 aromatic carbocycles. The number of hydrogen-bond donors (Lipinski definition) is 1. The summed E-state index contributed by atoms with van der Waals surface area (Å²) >= 11 is 0. The molecule has 1 N–H and O–H groups in total. The van der Waals surface area contributed by atoms with Crippen LogP contribution in [0.15, 0.2) is 35.1 Å². The van der Waals surface area contributed by atoms with E-state index in [-0.39, 0.29) is 24.2 Å². The second kappa shape index (κ2) is 6.99. The summed E-state index contributed by atoms with van der Waals surface area (Å²) in [5.41, 5.74) is 0.220. The van der Waals surface area contributed by atoms with Crippen molar-refractivity contribution in [3.63, 3.8) is 0 Å². The highest BCUT2D eigenvalue weighted by molar-refractivity contribution is 5.20. The topological polar surface area (TPSA) is 58.4 Å². The van der Waals surface area contributed by atoms with Gasteiger partial charge < -0.3 is 5.11 Å². The normalized spacial score (nSPS) is 29.3. The van der Waals surface area contributed by atoms with Gasteiger partial charge >= 0.3 is 0 Å². The van der Waals surface area contributed by atoms with Crippen molar-refractivity contribution in [1.29, 1.82) is 0 Å². The molecule has 2 saturated heterocycles. The van der Waals surface area contributed by atoms with E-state index in [1.165, 1.54) is 16.8 Å². The van der Waals surface area contributed by atoms with E-state index >= 15 is 0 Å². The van der Waals surface area contributed by atoms with E-state index in [4.69, 9.17) is 0 Å². The first-order valence-electron chi connectivity index (χ1n) is 10.4. The summed E-state index contributed by atoms with van der Waals surface area (Å²) in [4.78, 5) is 14.5. The van der Waals surface area contributed by atoms with Crippen molar-refractivity contribution in [2.45, 2.75) is 75.2 Å². The fraction of sp³-hybridized carbons (Fsp3) is 0.545. The van der Waals surface area contributed by atoms with Crippen molar-refractivity contribution in [2.75, 3.05) is 0 Å². The molecule has 5 nitrogen and oxygen atoms in total. The molecule has 1 saturated carbocycles. The Balaban J connectivity index is 1.32. The number of aliphatic hydroxyl groups is 1. The van der Waals surface area contributed by atoms with E-state index in [0.717, 1.165) is 37.4 Å².